The van der Waals surface area contributed by atoms with Crippen molar-refractivity contribution in [2.75, 3.05) is 30.3 Å². The number of nitrogens with one attached hydrogen (secondary N) is 2. The topological polar surface area (TPSA) is 114 Å². The third-order valence-corrected chi connectivity index (χ3v) is 6.85. The average molecular weight is 443 g/mol. The van der Waals surface area contributed by atoms with Gasteiger partial charge in [-0.05, 0) is 44.2 Å². The fourth-order valence-corrected chi connectivity index (χ4v) is 5.17. The van der Waals surface area contributed by atoms with Crippen LogP contribution in [0.1, 0.15) is 19.3 Å². The summed E-state index contributed by atoms with van der Waals surface area (Å²) in [6.45, 7) is 4.21. The van der Waals surface area contributed by atoms with Gasteiger partial charge in [-0.15, -0.1) is 0 Å². The number of hydrogen-bond donors (Lipinski definition) is 3. The van der Waals surface area contributed by atoms with Crippen molar-refractivity contribution in [3.05, 3.63) is 35.8 Å². The van der Waals surface area contributed by atoms with E-state index >= 15 is 0 Å². The zero-order valence-electron chi connectivity index (χ0n) is 17.2. The molecule has 3 heterocycles. The molecular formula is C21H27ClN8O. The molecule has 0 unspecified atom stereocenters. The fraction of sp³-hybridized carbons (Fsp3) is 0.524. The van der Waals surface area contributed by atoms with Gasteiger partial charge in [0.2, 0.25) is 11.9 Å². The molecule has 31 heavy (non-hydrogen) atoms. The first-order chi connectivity index (χ1) is 15.1. The molecule has 1 saturated heterocycles. The van der Waals surface area contributed by atoms with Crippen molar-refractivity contribution >= 4 is 35.0 Å². The van der Waals surface area contributed by atoms with E-state index in [4.69, 9.17) is 17.3 Å². The molecule has 0 aromatic carbocycles. The van der Waals surface area contributed by atoms with E-state index in [9.17, 15) is 4.79 Å². The number of carbonyl (C=O) groups excluding carboxylic acids is 1. The third-order valence-electron chi connectivity index (χ3n) is 6.57. The average Bonchev–Trinajstić information content (AvgIpc) is 3.54. The van der Waals surface area contributed by atoms with Crippen molar-refractivity contribution in [3.8, 4) is 0 Å². The Kier molecular flexibility index (Phi) is 5.54. The van der Waals surface area contributed by atoms with Crippen LogP contribution in [0.25, 0.3) is 0 Å². The SMILES string of the molecule is NC(=O)[C@@H]1[C@H](Nc2nc(Nc3cnn(CCN4CCCC4)c3)ncc2Cl)[C@H]2C=C[C@@H]1C2. The summed E-state index contributed by atoms with van der Waals surface area (Å²) in [4.78, 5) is 23.3. The maximum Gasteiger partial charge on any atom is 0.229 e. The Labute approximate surface area is 186 Å². The molecule has 3 aliphatic rings. The number of nitrogens with zero attached hydrogens (tertiary/aromatic N) is 5. The summed E-state index contributed by atoms with van der Waals surface area (Å²) in [6, 6.07) is -0.110. The highest BCUT2D eigenvalue weighted by Gasteiger charge is 2.47. The molecule has 4 N–H and O–H groups in total. The summed E-state index contributed by atoms with van der Waals surface area (Å²) in [5, 5.41) is 11.4. The van der Waals surface area contributed by atoms with E-state index in [1.165, 1.54) is 25.9 Å². The van der Waals surface area contributed by atoms with E-state index in [1.807, 2.05) is 10.9 Å². The Morgan fingerprint density at radius 3 is 2.81 bits per heavy atom. The fourth-order valence-electron chi connectivity index (χ4n) is 5.02. The number of hydrogen-bond acceptors (Lipinski definition) is 7. The van der Waals surface area contributed by atoms with Crippen LogP contribution in [-0.4, -0.2) is 56.2 Å². The second kappa shape index (κ2) is 8.47. The predicted octanol–water partition coefficient (Wildman–Crippen LogP) is 2.25. The summed E-state index contributed by atoms with van der Waals surface area (Å²) in [5.41, 5.74) is 6.47. The number of primary amides is 1. The molecule has 0 radical (unpaired) electrons. The molecule has 1 aliphatic heterocycles. The van der Waals surface area contributed by atoms with Crippen molar-refractivity contribution < 1.29 is 4.79 Å². The zero-order valence-corrected chi connectivity index (χ0v) is 18.0. The van der Waals surface area contributed by atoms with Gasteiger partial charge >= 0.3 is 0 Å². The number of allylic oxidation sites excluding steroid dienone is 1. The van der Waals surface area contributed by atoms with Gasteiger partial charge in [0.05, 0.1) is 30.5 Å². The molecule has 2 aromatic rings. The number of halogens is 1. The summed E-state index contributed by atoms with van der Waals surface area (Å²) < 4.78 is 1.93. The minimum Gasteiger partial charge on any atom is -0.369 e. The number of carbonyl (C=O) groups is 1. The maximum atomic E-state index is 12.0. The standard InChI is InChI=1S/C21H27ClN8O/c22-16-11-24-21(26-15-10-25-30(12-15)8-7-29-5-1-2-6-29)28-20(16)27-18-14-4-3-13(9-14)17(18)19(23)31/h3-4,10-14,17-18H,1-2,5-9H2,(H2,23,31)(H2,24,26,27,28)/t13-,14+,17+,18-/m1/s1. The number of anilines is 3. The van der Waals surface area contributed by atoms with Crippen LogP contribution in [0.4, 0.5) is 17.5 Å². The first kappa shape index (κ1) is 20.3. The molecule has 164 valence electrons. The molecule has 1 amide bonds. The Morgan fingerprint density at radius 1 is 1.19 bits per heavy atom. The van der Waals surface area contributed by atoms with E-state index in [2.05, 4.69) is 42.8 Å². The van der Waals surface area contributed by atoms with Crippen LogP contribution in [0.15, 0.2) is 30.7 Å². The first-order valence-corrected chi connectivity index (χ1v) is 11.2. The van der Waals surface area contributed by atoms with E-state index in [0.717, 1.165) is 25.2 Å². The first-order valence-electron chi connectivity index (χ1n) is 10.9. The maximum absolute atomic E-state index is 12.0. The Hall–Kier alpha value is -2.65. The lowest BCUT2D eigenvalue weighted by Crippen LogP contribution is -2.41. The van der Waals surface area contributed by atoms with Gasteiger partial charge in [-0.1, -0.05) is 23.8 Å². The van der Waals surface area contributed by atoms with Gasteiger partial charge in [0, 0.05) is 18.8 Å². The van der Waals surface area contributed by atoms with E-state index in [-0.39, 0.29) is 29.7 Å². The number of fused-ring (bicyclic) bond motifs is 2. The lowest BCUT2D eigenvalue weighted by atomic mass is 9.88. The van der Waals surface area contributed by atoms with Crippen LogP contribution < -0.4 is 16.4 Å². The summed E-state index contributed by atoms with van der Waals surface area (Å²) >= 11 is 6.34. The van der Waals surface area contributed by atoms with Crippen LogP contribution in [-0.2, 0) is 11.3 Å². The number of likely N-dealkylation sites (tertiary alicyclic amines) is 1. The Morgan fingerprint density at radius 2 is 2.00 bits per heavy atom. The smallest absolute Gasteiger partial charge is 0.229 e. The lowest BCUT2D eigenvalue weighted by molar-refractivity contribution is -0.122. The molecule has 2 aliphatic carbocycles. The normalized spacial score (nSPS) is 27.1. The number of amides is 1. The van der Waals surface area contributed by atoms with Crippen molar-refractivity contribution in [1.82, 2.24) is 24.6 Å². The van der Waals surface area contributed by atoms with Gasteiger partial charge in [-0.25, -0.2) is 4.98 Å². The van der Waals surface area contributed by atoms with Gasteiger partial charge in [0.1, 0.15) is 5.02 Å². The summed E-state index contributed by atoms with van der Waals surface area (Å²) in [5.74, 6) is 0.798. The van der Waals surface area contributed by atoms with E-state index in [0.29, 0.717) is 16.8 Å². The predicted molar refractivity (Wildman–Crippen MR) is 119 cm³/mol. The number of nitrogens with two attached hydrogens (primary N) is 1. The van der Waals surface area contributed by atoms with Gasteiger partial charge in [-0.2, -0.15) is 10.1 Å². The van der Waals surface area contributed by atoms with Gasteiger partial charge in [-0.3, -0.25) is 9.48 Å². The molecule has 1 saturated carbocycles. The lowest BCUT2D eigenvalue weighted by Gasteiger charge is -2.27. The van der Waals surface area contributed by atoms with Crippen molar-refractivity contribution in [1.29, 1.82) is 0 Å². The van der Waals surface area contributed by atoms with Gasteiger partial charge < -0.3 is 21.3 Å². The molecule has 0 spiro atoms. The second-order valence-electron chi connectivity index (χ2n) is 8.60. The second-order valence-corrected chi connectivity index (χ2v) is 9.01. The van der Waals surface area contributed by atoms with Crippen LogP contribution in [0, 0.1) is 17.8 Å². The van der Waals surface area contributed by atoms with Crippen LogP contribution in [0.2, 0.25) is 5.02 Å². The van der Waals surface area contributed by atoms with E-state index < -0.39 is 0 Å². The number of rotatable bonds is 8. The van der Waals surface area contributed by atoms with E-state index in [1.54, 1.807) is 12.4 Å². The van der Waals surface area contributed by atoms with Crippen LogP contribution in [0.5, 0.6) is 0 Å². The molecule has 4 atom stereocenters. The minimum atomic E-state index is -0.292. The van der Waals surface area contributed by atoms with Crippen molar-refractivity contribution in [2.24, 2.45) is 23.5 Å². The third kappa shape index (κ3) is 4.24. The highest BCUT2D eigenvalue weighted by molar-refractivity contribution is 6.32. The van der Waals surface area contributed by atoms with Crippen LogP contribution in [0.3, 0.4) is 0 Å². The summed E-state index contributed by atoms with van der Waals surface area (Å²) in [6.07, 6.45) is 13.0. The molecule has 2 bridgehead atoms. The van der Waals surface area contributed by atoms with Gasteiger partial charge in [0.25, 0.3) is 0 Å². The highest BCUT2D eigenvalue weighted by atomic mass is 35.5. The molecule has 10 heteroatoms. The summed E-state index contributed by atoms with van der Waals surface area (Å²) in [7, 11) is 0. The Balaban J connectivity index is 1.25. The monoisotopic (exact) mass is 442 g/mol. The number of aromatic nitrogens is 4. The minimum absolute atomic E-state index is 0.110. The highest BCUT2D eigenvalue weighted by Crippen LogP contribution is 2.45. The molecule has 9 nitrogen and oxygen atoms in total. The van der Waals surface area contributed by atoms with Crippen molar-refractivity contribution in [2.45, 2.75) is 31.8 Å². The molecule has 5 rings (SSSR count). The quantitative estimate of drug-likeness (QED) is 0.537. The Bertz CT molecular complexity index is 986. The zero-order chi connectivity index (χ0) is 21.4. The van der Waals surface area contributed by atoms with Crippen LogP contribution >= 0.6 is 11.6 Å². The molecular weight excluding hydrogens is 416 g/mol. The largest absolute Gasteiger partial charge is 0.369 e. The molecule has 2 fully saturated rings. The van der Waals surface area contributed by atoms with Gasteiger partial charge in [0.15, 0.2) is 5.82 Å². The van der Waals surface area contributed by atoms with Crippen molar-refractivity contribution in [3.63, 3.8) is 0 Å². The molecule has 2 aromatic heterocycles.